The maximum atomic E-state index is 13.4. The van der Waals surface area contributed by atoms with Gasteiger partial charge in [0, 0.05) is 4.47 Å². The highest BCUT2D eigenvalue weighted by Gasteiger charge is 2.33. The number of fused-ring (bicyclic) bond motifs is 1. The van der Waals surface area contributed by atoms with Crippen LogP contribution in [0.1, 0.15) is 31.0 Å². The van der Waals surface area contributed by atoms with Gasteiger partial charge in [0.15, 0.2) is 4.80 Å². The molecular weight excluding hydrogens is 480 g/mol. The van der Waals surface area contributed by atoms with Gasteiger partial charge in [0.1, 0.15) is 5.75 Å². The Morgan fingerprint density at radius 3 is 2.55 bits per heavy atom. The molecule has 0 amide bonds. The Balaban J connectivity index is 1.94. The van der Waals surface area contributed by atoms with Gasteiger partial charge < -0.3 is 9.84 Å². The van der Waals surface area contributed by atoms with E-state index in [1.165, 1.54) is 11.3 Å². The smallest absolute Gasteiger partial charge is 0.338 e. The summed E-state index contributed by atoms with van der Waals surface area (Å²) < 4.78 is 8.23. The zero-order chi connectivity index (χ0) is 22.1. The van der Waals surface area contributed by atoms with Gasteiger partial charge in [-0.1, -0.05) is 51.5 Å². The highest BCUT2D eigenvalue weighted by molar-refractivity contribution is 9.10. The Kier molecular flexibility index (Phi) is 5.93. The van der Waals surface area contributed by atoms with Crippen molar-refractivity contribution < 1.29 is 14.6 Å². The molecule has 0 radical (unpaired) electrons. The average Bonchev–Trinajstić information content (AvgIpc) is 3.04. The zero-order valence-electron chi connectivity index (χ0n) is 16.8. The summed E-state index contributed by atoms with van der Waals surface area (Å²) in [5.41, 5.74) is 2.22. The van der Waals surface area contributed by atoms with Gasteiger partial charge in [0.2, 0.25) is 0 Å². The van der Waals surface area contributed by atoms with Crippen molar-refractivity contribution in [1.82, 2.24) is 4.57 Å². The number of halogens is 1. The van der Waals surface area contributed by atoms with Gasteiger partial charge in [0.25, 0.3) is 5.56 Å². The minimum absolute atomic E-state index is 0.156. The second-order valence-electron chi connectivity index (χ2n) is 6.95. The van der Waals surface area contributed by atoms with E-state index < -0.39 is 12.0 Å². The second-order valence-corrected chi connectivity index (χ2v) is 8.87. The Hall–Kier alpha value is -2.97. The molecule has 2 heterocycles. The molecule has 0 bridgehead atoms. The Labute approximate surface area is 190 Å². The third kappa shape index (κ3) is 4.13. The molecule has 1 N–H and O–H groups in total. The quantitative estimate of drug-likeness (QED) is 0.559. The van der Waals surface area contributed by atoms with Crippen LogP contribution in [0.25, 0.3) is 6.08 Å². The molecule has 8 heteroatoms. The molecule has 1 atom stereocenters. The van der Waals surface area contributed by atoms with Crippen LogP contribution >= 0.6 is 27.3 Å². The van der Waals surface area contributed by atoms with Crippen molar-refractivity contribution in [2.45, 2.75) is 19.9 Å². The van der Waals surface area contributed by atoms with Crippen LogP contribution in [0, 0.1) is 0 Å². The minimum atomic E-state index is -0.634. The lowest BCUT2D eigenvalue weighted by Gasteiger charge is -2.24. The van der Waals surface area contributed by atoms with Crippen LogP contribution in [-0.4, -0.2) is 22.2 Å². The van der Waals surface area contributed by atoms with E-state index >= 15 is 0 Å². The number of ether oxygens (including phenoxy) is 1. The van der Waals surface area contributed by atoms with Gasteiger partial charge in [-0.2, -0.15) is 0 Å². The number of hydrogen-bond acceptors (Lipinski definition) is 6. The maximum Gasteiger partial charge on any atom is 0.338 e. The average molecular weight is 499 g/mol. The van der Waals surface area contributed by atoms with Crippen molar-refractivity contribution in [1.29, 1.82) is 0 Å². The monoisotopic (exact) mass is 498 g/mol. The summed E-state index contributed by atoms with van der Waals surface area (Å²) in [6, 6.07) is 13.5. The van der Waals surface area contributed by atoms with Crippen LogP contribution in [0.15, 0.2) is 74.1 Å². The summed E-state index contributed by atoms with van der Waals surface area (Å²) in [4.78, 5) is 31.3. The molecule has 2 aromatic carbocycles. The highest BCUT2D eigenvalue weighted by atomic mass is 79.9. The number of thiazole rings is 1. The lowest BCUT2D eigenvalue weighted by molar-refractivity contribution is -0.139. The van der Waals surface area contributed by atoms with E-state index in [0.29, 0.717) is 20.6 Å². The third-order valence-corrected chi connectivity index (χ3v) is 6.41. The number of esters is 1. The predicted octanol–water partition coefficient (Wildman–Crippen LogP) is 3.27. The van der Waals surface area contributed by atoms with Crippen molar-refractivity contribution >= 4 is 39.3 Å². The molecule has 1 aliphatic rings. The molecule has 0 saturated carbocycles. The number of aromatic nitrogens is 1. The molecule has 158 valence electrons. The van der Waals surface area contributed by atoms with Crippen molar-refractivity contribution in [3.05, 3.63) is 95.1 Å². The fourth-order valence-corrected chi connectivity index (χ4v) is 4.78. The second kappa shape index (κ2) is 8.64. The van der Waals surface area contributed by atoms with Gasteiger partial charge >= 0.3 is 5.97 Å². The first-order chi connectivity index (χ1) is 14.9. The molecule has 31 heavy (non-hydrogen) atoms. The summed E-state index contributed by atoms with van der Waals surface area (Å²) in [5.74, 6) is -0.326. The number of aromatic hydroxyl groups is 1. The highest BCUT2D eigenvalue weighted by Crippen LogP contribution is 2.31. The Bertz CT molecular complexity index is 1350. The summed E-state index contributed by atoms with van der Waals surface area (Å²) in [5, 5.41) is 9.50. The predicted molar refractivity (Wildman–Crippen MR) is 123 cm³/mol. The van der Waals surface area contributed by atoms with Gasteiger partial charge in [0.05, 0.1) is 28.5 Å². The lowest BCUT2D eigenvalue weighted by atomic mass is 9.96. The third-order valence-electron chi connectivity index (χ3n) is 4.89. The van der Waals surface area contributed by atoms with Crippen molar-refractivity contribution in [2.75, 3.05) is 6.61 Å². The van der Waals surface area contributed by atoms with Crippen LogP contribution < -0.4 is 14.9 Å². The lowest BCUT2D eigenvalue weighted by Crippen LogP contribution is -2.39. The van der Waals surface area contributed by atoms with E-state index in [1.807, 2.05) is 24.3 Å². The van der Waals surface area contributed by atoms with Crippen molar-refractivity contribution in [3.8, 4) is 5.75 Å². The van der Waals surface area contributed by atoms with E-state index in [9.17, 15) is 14.7 Å². The topological polar surface area (TPSA) is 80.9 Å². The van der Waals surface area contributed by atoms with E-state index in [2.05, 4.69) is 20.9 Å². The van der Waals surface area contributed by atoms with Crippen molar-refractivity contribution in [3.63, 3.8) is 0 Å². The first-order valence-electron chi connectivity index (χ1n) is 9.63. The van der Waals surface area contributed by atoms with E-state index in [0.717, 1.165) is 15.6 Å². The number of carbonyl (C=O) groups excluding carboxylic acids is 1. The number of allylic oxidation sites excluding steroid dienone is 1. The van der Waals surface area contributed by atoms with Gasteiger partial charge in [-0.05, 0) is 55.3 Å². The molecule has 6 nitrogen and oxygen atoms in total. The maximum absolute atomic E-state index is 13.4. The van der Waals surface area contributed by atoms with Gasteiger partial charge in [-0.3, -0.25) is 9.36 Å². The number of benzene rings is 2. The fourth-order valence-electron chi connectivity index (χ4n) is 3.47. The standard InChI is InChI=1S/C23H19BrN2O4S/c1-3-30-22(29)19-13(2)25-23-26(20(19)15-6-8-16(24)9-7-15)21(28)18(31-23)12-14-4-10-17(27)11-5-14/h4-12,20,27H,3H2,1-2H3/b18-12-. The molecule has 0 spiro atoms. The molecule has 4 rings (SSSR count). The molecule has 0 fully saturated rings. The van der Waals surface area contributed by atoms with Gasteiger partial charge in [-0.15, -0.1) is 0 Å². The van der Waals surface area contributed by atoms with Crippen LogP contribution in [0.5, 0.6) is 5.75 Å². The summed E-state index contributed by atoms with van der Waals surface area (Å²) in [7, 11) is 0. The number of rotatable bonds is 4. The van der Waals surface area contributed by atoms with Gasteiger partial charge in [-0.25, -0.2) is 9.79 Å². The first kappa shape index (κ1) is 21.3. The number of phenols is 1. The van der Waals surface area contributed by atoms with Crippen LogP contribution in [0.3, 0.4) is 0 Å². The van der Waals surface area contributed by atoms with Crippen LogP contribution in [0.2, 0.25) is 0 Å². The molecule has 3 aromatic rings. The Morgan fingerprint density at radius 1 is 1.23 bits per heavy atom. The van der Waals surface area contributed by atoms with Crippen LogP contribution in [-0.2, 0) is 9.53 Å². The molecule has 0 aliphatic carbocycles. The number of carbonyl (C=O) groups is 1. The number of nitrogens with zero attached hydrogens (tertiary/aromatic N) is 2. The van der Waals surface area contributed by atoms with E-state index in [4.69, 9.17) is 4.74 Å². The van der Waals surface area contributed by atoms with E-state index in [-0.39, 0.29) is 17.9 Å². The fraction of sp³-hybridized carbons (Fsp3) is 0.174. The molecule has 1 aromatic heterocycles. The number of hydrogen-bond donors (Lipinski definition) is 1. The van der Waals surface area contributed by atoms with Crippen molar-refractivity contribution in [2.24, 2.45) is 4.99 Å². The molecule has 1 unspecified atom stereocenters. The zero-order valence-corrected chi connectivity index (χ0v) is 19.2. The summed E-state index contributed by atoms with van der Waals surface area (Å²) in [6.07, 6.45) is 1.76. The normalized spacial score (nSPS) is 16.1. The molecule has 1 aliphatic heterocycles. The SMILES string of the molecule is CCOC(=O)C1=C(C)N=c2s/c(=C\c3ccc(O)cc3)c(=O)n2C1c1ccc(Br)cc1. The largest absolute Gasteiger partial charge is 0.508 e. The number of phenolic OH excluding ortho intramolecular Hbond substituents is 1. The summed E-state index contributed by atoms with van der Waals surface area (Å²) in [6.45, 7) is 3.73. The van der Waals surface area contributed by atoms with E-state index in [1.54, 1.807) is 48.8 Å². The minimum Gasteiger partial charge on any atom is -0.508 e. The molecular formula is C23H19BrN2O4S. The first-order valence-corrected chi connectivity index (χ1v) is 11.2. The summed E-state index contributed by atoms with van der Waals surface area (Å²) >= 11 is 4.69. The molecule has 0 saturated heterocycles. The Morgan fingerprint density at radius 2 is 1.90 bits per heavy atom. The van der Waals surface area contributed by atoms with Crippen LogP contribution in [0.4, 0.5) is 0 Å².